The minimum atomic E-state index is 0.126. The van der Waals surface area contributed by atoms with Gasteiger partial charge in [-0.2, -0.15) is 5.48 Å². The number of hydrogen-bond donors (Lipinski definition) is 1. The van der Waals surface area contributed by atoms with Crippen molar-refractivity contribution in [3.63, 3.8) is 0 Å². The van der Waals surface area contributed by atoms with E-state index in [0.29, 0.717) is 18.6 Å². The van der Waals surface area contributed by atoms with E-state index in [9.17, 15) is 4.79 Å². The van der Waals surface area contributed by atoms with Gasteiger partial charge in [0.05, 0.1) is 12.6 Å². The fraction of sp³-hybridized carbons (Fsp3) is 0.462. The predicted octanol–water partition coefficient (Wildman–Crippen LogP) is 0.970. The van der Waals surface area contributed by atoms with Crippen LogP contribution in [-0.2, 0) is 4.84 Å². The first-order chi connectivity index (χ1) is 8.24. The Bertz CT molecular complexity index is 418. The van der Waals surface area contributed by atoms with Gasteiger partial charge in [-0.1, -0.05) is 17.7 Å². The summed E-state index contributed by atoms with van der Waals surface area (Å²) < 4.78 is 0. The average Bonchev–Trinajstić information content (AvgIpc) is 2.89. The average molecular weight is 232 g/mol. The Morgan fingerprint density at radius 1 is 1.35 bits per heavy atom. The Kier molecular flexibility index (Phi) is 2.61. The molecule has 3 rings (SSSR count). The highest BCUT2D eigenvalue weighted by atomic mass is 16.7. The molecule has 0 spiro atoms. The fourth-order valence-corrected chi connectivity index (χ4v) is 2.48. The summed E-state index contributed by atoms with van der Waals surface area (Å²) >= 11 is 0. The van der Waals surface area contributed by atoms with Crippen LogP contribution in [0.1, 0.15) is 15.9 Å². The number of likely N-dealkylation sites (tertiary alicyclic amines) is 1. The number of benzene rings is 1. The zero-order valence-electron chi connectivity index (χ0n) is 9.85. The summed E-state index contributed by atoms with van der Waals surface area (Å²) in [6.07, 6.45) is 0. The molecule has 2 heterocycles. The molecule has 1 aromatic rings. The molecule has 0 aliphatic carbocycles. The highest BCUT2D eigenvalue weighted by molar-refractivity contribution is 5.94. The maximum Gasteiger partial charge on any atom is 0.253 e. The molecule has 1 amide bonds. The van der Waals surface area contributed by atoms with Gasteiger partial charge in [-0.25, -0.2) is 0 Å². The summed E-state index contributed by atoms with van der Waals surface area (Å²) in [4.78, 5) is 19.3. The molecule has 0 bridgehead atoms. The van der Waals surface area contributed by atoms with Crippen molar-refractivity contribution in [2.75, 3.05) is 19.7 Å². The molecule has 4 nitrogen and oxygen atoms in total. The van der Waals surface area contributed by atoms with Crippen LogP contribution in [0.15, 0.2) is 24.3 Å². The Balaban J connectivity index is 1.73. The van der Waals surface area contributed by atoms with Gasteiger partial charge in [-0.3, -0.25) is 4.79 Å². The molecular formula is C13H16N2O2. The Labute approximate surface area is 101 Å². The van der Waals surface area contributed by atoms with Crippen LogP contribution in [0.4, 0.5) is 0 Å². The van der Waals surface area contributed by atoms with Gasteiger partial charge in [0.15, 0.2) is 0 Å². The van der Waals surface area contributed by atoms with E-state index in [1.807, 2.05) is 36.1 Å². The van der Waals surface area contributed by atoms with E-state index in [1.165, 1.54) is 5.56 Å². The molecule has 2 aliphatic heterocycles. The van der Waals surface area contributed by atoms with Gasteiger partial charge in [0.2, 0.25) is 0 Å². The van der Waals surface area contributed by atoms with Crippen LogP contribution in [0.3, 0.4) is 0 Å². The summed E-state index contributed by atoms with van der Waals surface area (Å²) in [5, 5.41) is 0. The van der Waals surface area contributed by atoms with Gasteiger partial charge in [0, 0.05) is 24.6 Å². The lowest BCUT2D eigenvalue weighted by Crippen LogP contribution is -2.33. The molecule has 17 heavy (non-hydrogen) atoms. The summed E-state index contributed by atoms with van der Waals surface area (Å²) in [5.41, 5.74) is 4.92. The van der Waals surface area contributed by atoms with Crippen molar-refractivity contribution in [3.8, 4) is 0 Å². The van der Waals surface area contributed by atoms with Gasteiger partial charge < -0.3 is 9.74 Å². The van der Waals surface area contributed by atoms with E-state index in [0.717, 1.165) is 18.7 Å². The summed E-state index contributed by atoms with van der Waals surface area (Å²) in [7, 11) is 0. The smallest absolute Gasteiger partial charge is 0.253 e. The standard InChI is InChI=1S/C13H16N2O2/c1-9-2-4-10(5-3-9)13(16)15-6-11-8-17-14-12(11)7-15/h2-5,11-12,14H,6-8H2,1H3/t11-,12+/m1/s1. The molecule has 2 fully saturated rings. The normalized spacial score (nSPS) is 27.2. The van der Waals surface area contributed by atoms with Crippen LogP contribution in [0.25, 0.3) is 0 Å². The van der Waals surface area contributed by atoms with Crippen molar-refractivity contribution >= 4 is 5.91 Å². The van der Waals surface area contributed by atoms with Crippen molar-refractivity contribution in [3.05, 3.63) is 35.4 Å². The lowest BCUT2D eigenvalue weighted by atomic mass is 10.1. The molecule has 1 aromatic carbocycles. The summed E-state index contributed by atoms with van der Waals surface area (Å²) in [6.45, 7) is 4.28. The first kappa shape index (κ1) is 10.7. The zero-order valence-corrected chi connectivity index (χ0v) is 9.85. The van der Waals surface area contributed by atoms with Crippen molar-refractivity contribution in [1.82, 2.24) is 10.4 Å². The topological polar surface area (TPSA) is 41.6 Å². The van der Waals surface area contributed by atoms with E-state index in [4.69, 9.17) is 4.84 Å². The maximum atomic E-state index is 12.2. The molecule has 2 saturated heterocycles. The Morgan fingerprint density at radius 3 is 2.82 bits per heavy atom. The molecule has 0 saturated carbocycles. The highest BCUT2D eigenvalue weighted by Crippen LogP contribution is 2.23. The van der Waals surface area contributed by atoms with Crippen molar-refractivity contribution < 1.29 is 9.63 Å². The second-order valence-electron chi connectivity index (χ2n) is 4.87. The maximum absolute atomic E-state index is 12.2. The first-order valence-electron chi connectivity index (χ1n) is 5.97. The van der Waals surface area contributed by atoms with Crippen LogP contribution >= 0.6 is 0 Å². The SMILES string of the molecule is Cc1ccc(C(=O)N2C[C@@H]3CON[C@H]3C2)cc1. The third-order valence-electron chi connectivity index (χ3n) is 3.56. The number of aryl methyl sites for hydroxylation is 1. The number of nitrogens with zero attached hydrogens (tertiary/aromatic N) is 1. The van der Waals surface area contributed by atoms with Crippen molar-refractivity contribution in [2.45, 2.75) is 13.0 Å². The fourth-order valence-electron chi connectivity index (χ4n) is 2.48. The number of hydrogen-bond acceptors (Lipinski definition) is 3. The lowest BCUT2D eigenvalue weighted by Gasteiger charge is -2.17. The largest absolute Gasteiger partial charge is 0.337 e. The monoisotopic (exact) mass is 232 g/mol. The molecular weight excluding hydrogens is 216 g/mol. The van der Waals surface area contributed by atoms with Crippen LogP contribution in [-0.4, -0.2) is 36.5 Å². The second-order valence-corrected chi connectivity index (χ2v) is 4.87. The first-order valence-corrected chi connectivity index (χ1v) is 5.97. The van der Waals surface area contributed by atoms with E-state index in [1.54, 1.807) is 0 Å². The molecule has 2 atom stereocenters. The molecule has 2 aliphatic rings. The number of amides is 1. The molecule has 90 valence electrons. The molecule has 1 N–H and O–H groups in total. The third-order valence-corrected chi connectivity index (χ3v) is 3.56. The number of hydroxylamine groups is 1. The van der Waals surface area contributed by atoms with Gasteiger partial charge in [-0.15, -0.1) is 0 Å². The van der Waals surface area contributed by atoms with Gasteiger partial charge >= 0.3 is 0 Å². The molecule has 0 aromatic heterocycles. The summed E-state index contributed by atoms with van der Waals surface area (Å²) in [6, 6.07) is 8.06. The minimum absolute atomic E-state index is 0.126. The van der Waals surface area contributed by atoms with Gasteiger partial charge in [0.25, 0.3) is 5.91 Å². The second kappa shape index (κ2) is 4.13. The predicted molar refractivity (Wildman–Crippen MR) is 63.4 cm³/mol. The minimum Gasteiger partial charge on any atom is -0.337 e. The van der Waals surface area contributed by atoms with Crippen molar-refractivity contribution in [1.29, 1.82) is 0 Å². The highest BCUT2D eigenvalue weighted by Gasteiger charge is 2.39. The van der Waals surface area contributed by atoms with Crippen molar-refractivity contribution in [2.24, 2.45) is 5.92 Å². The van der Waals surface area contributed by atoms with Gasteiger partial charge in [-0.05, 0) is 19.1 Å². The van der Waals surface area contributed by atoms with Crippen LogP contribution < -0.4 is 5.48 Å². The van der Waals surface area contributed by atoms with Gasteiger partial charge in [0.1, 0.15) is 0 Å². The number of carbonyl (C=O) groups excluding carboxylic acids is 1. The Morgan fingerprint density at radius 2 is 2.12 bits per heavy atom. The van der Waals surface area contributed by atoms with E-state index < -0.39 is 0 Å². The van der Waals surface area contributed by atoms with Crippen LogP contribution in [0, 0.1) is 12.8 Å². The Hall–Kier alpha value is -1.39. The quantitative estimate of drug-likeness (QED) is 0.784. The molecule has 0 radical (unpaired) electrons. The lowest BCUT2D eigenvalue weighted by molar-refractivity contribution is 0.0605. The van der Waals surface area contributed by atoms with Crippen LogP contribution in [0.5, 0.6) is 0 Å². The number of rotatable bonds is 1. The zero-order chi connectivity index (χ0) is 11.8. The third kappa shape index (κ3) is 1.94. The van der Waals surface area contributed by atoms with E-state index in [-0.39, 0.29) is 5.91 Å². The number of nitrogens with one attached hydrogen (secondary N) is 1. The molecule has 4 heteroatoms. The number of carbonyl (C=O) groups is 1. The van der Waals surface area contributed by atoms with Crippen LogP contribution in [0.2, 0.25) is 0 Å². The molecule has 0 unspecified atom stereocenters. The summed E-state index contributed by atoms with van der Waals surface area (Å²) in [5.74, 6) is 0.575. The number of fused-ring (bicyclic) bond motifs is 1. The van der Waals surface area contributed by atoms with E-state index >= 15 is 0 Å². The van der Waals surface area contributed by atoms with E-state index in [2.05, 4.69) is 5.48 Å².